The number of rotatable bonds is 10. The van der Waals surface area contributed by atoms with Crippen LogP contribution in [0.3, 0.4) is 0 Å². The summed E-state index contributed by atoms with van der Waals surface area (Å²) < 4.78 is 26.9. The molecular formula is C20H21ClFN5O2. The Morgan fingerprint density at radius 1 is 1.21 bits per heavy atom. The summed E-state index contributed by atoms with van der Waals surface area (Å²) in [6.07, 6.45) is 1.70. The van der Waals surface area contributed by atoms with Crippen LogP contribution in [0, 0.1) is 5.82 Å². The quantitative estimate of drug-likeness (QED) is 0.497. The van der Waals surface area contributed by atoms with E-state index in [1.165, 1.54) is 6.07 Å². The smallest absolute Gasteiger partial charge is 0.243 e. The predicted molar refractivity (Wildman–Crippen MR) is 109 cm³/mol. The molecular weight excluding hydrogens is 397 g/mol. The molecule has 3 aromatic rings. The third-order valence-corrected chi connectivity index (χ3v) is 4.38. The summed E-state index contributed by atoms with van der Waals surface area (Å²) in [5, 5.41) is 15.1. The van der Waals surface area contributed by atoms with Crippen molar-refractivity contribution < 1.29 is 13.9 Å². The standard InChI is InChI=1S/C20H21ClFN5O2/c1-3-9-27-20(24-25-26-27)23-12-15-10-18(28-4-2)19(11-16(15)21)29-13-14-7-5-6-8-17(14)22/h3,5-8,10-11H,1,4,9,12-13H2,2H3,(H,23,24,26). The average molecular weight is 418 g/mol. The Morgan fingerprint density at radius 2 is 2.00 bits per heavy atom. The van der Waals surface area contributed by atoms with Crippen molar-refractivity contribution in [3.63, 3.8) is 0 Å². The fourth-order valence-electron chi connectivity index (χ4n) is 2.62. The molecule has 2 aromatic carbocycles. The van der Waals surface area contributed by atoms with Gasteiger partial charge >= 0.3 is 0 Å². The number of tetrazole rings is 1. The van der Waals surface area contributed by atoms with Crippen molar-refractivity contribution in [1.82, 2.24) is 20.2 Å². The van der Waals surface area contributed by atoms with Gasteiger partial charge in [-0.3, -0.25) is 0 Å². The molecule has 0 saturated heterocycles. The molecule has 0 aliphatic heterocycles. The highest BCUT2D eigenvalue weighted by molar-refractivity contribution is 6.31. The topological polar surface area (TPSA) is 74.1 Å². The van der Waals surface area contributed by atoms with Gasteiger partial charge in [-0.2, -0.15) is 0 Å². The van der Waals surface area contributed by atoms with Crippen LogP contribution in [0.25, 0.3) is 0 Å². The zero-order valence-corrected chi connectivity index (χ0v) is 16.7. The van der Waals surface area contributed by atoms with Crippen LogP contribution in [0.4, 0.5) is 10.3 Å². The molecule has 0 unspecified atom stereocenters. The minimum Gasteiger partial charge on any atom is -0.490 e. The van der Waals surface area contributed by atoms with Crippen molar-refractivity contribution in [2.24, 2.45) is 0 Å². The highest BCUT2D eigenvalue weighted by Crippen LogP contribution is 2.34. The minimum atomic E-state index is -0.324. The van der Waals surface area contributed by atoms with Crippen molar-refractivity contribution in [3.8, 4) is 11.5 Å². The molecule has 0 radical (unpaired) electrons. The Morgan fingerprint density at radius 3 is 2.76 bits per heavy atom. The van der Waals surface area contributed by atoms with Crippen LogP contribution in [0.15, 0.2) is 49.1 Å². The first-order valence-electron chi connectivity index (χ1n) is 9.04. The molecule has 0 amide bonds. The second-order valence-corrected chi connectivity index (χ2v) is 6.44. The Labute approximate surface area is 173 Å². The average Bonchev–Trinajstić information content (AvgIpc) is 3.15. The van der Waals surface area contributed by atoms with Crippen LogP contribution >= 0.6 is 11.6 Å². The maximum absolute atomic E-state index is 13.8. The first-order valence-corrected chi connectivity index (χ1v) is 9.42. The summed E-state index contributed by atoms with van der Waals surface area (Å²) in [4.78, 5) is 0. The molecule has 0 bridgehead atoms. The van der Waals surface area contributed by atoms with Gasteiger partial charge in [0.1, 0.15) is 12.4 Å². The lowest BCUT2D eigenvalue weighted by Crippen LogP contribution is -2.09. The summed E-state index contributed by atoms with van der Waals surface area (Å²) in [6.45, 7) is 6.92. The van der Waals surface area contributed by atoms with Gasteiger partial charge in [0.25, 0.3) is 0 Å². The Balaban J connectivity index is 1.75. The Hall–Kier alpha value is -3.13. The molecule has 0 aliphatic rings. The van der Waals surface area contributed by atoms with Gasteiger partial charge in [0, 0.05) is 23.2 Å². The molecule has 9 heteroatoms. The number of nitrogens with zero attached hydrogens (tertiary/aromatic N) is 4. The third-order valence-electron chi connectivity index (χ3n) is 4.02. The first-order chi connectivity index (χ1) is 14.1. The van der Waals surface area contributed by atoms with E-state index in [1.54, 1.807) is 41.1 Å². The Kier molecular flexibility index (Phi) is 7.02. The van der Waals surface area contributed by atoms with E-state index in [2.05, 4.69) is 27.4 Å². The molecule has 3 rings (SSSR count). The molecule has 1 aromatic heterocycles. The molecule has 0 spiro atoms. The highest BCUT2D eigenvalue weighted by atomic mass is 35.5. The number of halogens is 2. The third kappa shape index (κ3) is 5.23. The van der Waals surface area contributed by atoms with E-state index < -0.39 is 0 Å². The SMILES string of the molecule is C=CCn1nnnc1NCc1cc(OCC)c(OCc2ccccc2F)cc1Cl. The van der Waals surface area contributed by atoms with E-state index in [0.717, 1.165) is 5.56 Å². The molecule has 0 saturated carbocycles. The van der Waals surface area contributed by atoms with E-state index >= 15 is 0 Å². The van der Waals surface area contributed by atoms with Crippen LogP contribution in [0.2, 0.25) is 5.02 Å². The normalized spacial score (nSPS) is 10.6. The van der Waals surface area contributed by atoms with E-state index in [1.807, 2.05) is 6.92 Å². The largest absolute Gasteiger partial charge is 0.490 e. The lowest BCUT2D eigenvalue weighted by molar-refractivity contribution is 0.265. The van der Waals surface area contributed by atoms with Gasteiger partial charge in [0.05, 0.1) is 13.2 Å². The maximum atomic E-state index is 13.8. The van der Waals surface area contributed by atoms with Gasteiger partial charge in [-0.1, -0.05) is 41.0 Å². The lowest BCUT2D eigenvalue weighted by atomic mass is 10.2. The van der Waals surface area contributed by atoms with Crippen LogP contribution in [0.1, 0.15) is 18.1 Å². The van der Waals surface area contributed by atoms with Crippen molar-refractivity contribution >= 4 is 17.5 Å². The lowest BCUT2D eigenvalue weighted by Gasteiger charge is -2.15. The summed E-state index contributed by atoms with van der Waals surface area (Å²) in [5.41, 5.74) is 1.23. The number of hydrogen-bond acceptors (Lipinski definition) is 6. The van der Waals surface area contributed by atoms with E-state index in [9.17, 15) is 4.39 Å². The van der Waals surface area contributed by atoms with E-state index in [0.29, 0.717) is 47.7 Å². The van der Waals surface area contributed by atoms with Crippen LogP contribution in [-0.4, -0.2) is 26.8 Å². The highest BCUT2D eigenvalue weighted by Gasteiger charge is 2.13. The van der Waals surface area contributed by atoms with Crippen molar-refractivity contribution in [3.05, 3.63) is 71.0 Å². The van der Waals surface area contributed by atoms with Gasteiger partial charge in [0.15, 0.2) is 11.5 Å². The molecule has 0 atom stereocenters. The number of benzene rings is 2. The second-order valence-electron chi connectivity index (χ2n) is 6.03. The number of nitrogens with one attached hydrogen (secondary N) is 1. The molecule has 7 nitrogen and oxygen atoms in total. The molecule has 29 heavy (non-hydrogen) atoms. The van der Waals surface area contributed by atoms with Crippen molar-refractivity contribution in [2.75, 3.05) is 11.9 Å². The van der Waals surface area contributed by atoms with Gasteiger partial charge in [-0.05, 0) is 35.0 Å². The number of ether oxygens (including phenoxy) is 2. The summed E-state index contributed by atoms with van der Waals surface area (Å²) in [6, 6.07) is 9.91. The van der Waals surface area contributed by atoms with Crippen LogP contribution in [-0.2, 0) is 19.7 Å². The summed E-state index contributed by atoms with van der Waals surface area (Å²) in [5.74, 6) is 1.14. The van der Waals surface area contributed by atoms with Crippen LogP contribution < -0.4 is 14.8 Å². The fourth-order valence-corrected chi connectivity index (χ4v) is 2.84. The van der Waals surface area contributed by atoms with E-state index in [4.69, 9.17) is 21.1 Å². The monoisotopic (exact) mass is 417 g/mol. The Bertz CT molecular complexity index is 979. The van der Waals surface area contributed by atoms with Gasteiger partial charge < -0.3 is 14.8 Å². The maximum Gasteiger partial charge on any atom is 0.243 e. The number of aromatic nitrogens is 4. The minimum absolute atomic E-state index is 0.0665. The van der Waals surface area contributed by atoms with Gasteiger partial charge in [0.2, 0.25) is 5.95 Å². The molecule has 0 fully saturated rings. The number of anilines is 1. The zero-order chi connectivity index (χ0) is 20.6. The molecule has 152 valence electrons. The second kappa shape index (κ2) is 9.88. The number of allylic oxidation sites excluding steroid dienone is 1. The first kappa shape index (κ1) is 20.6. The summed E-state index contributed by atoms with van der Waals surface area (Å²) in [7, 11) is 0. The van der Waals surface area contributed by atoms with Crippen molar-refractivity contribution in [2.45, 2.75) is 26.6 Å². The van der Waals surface area contributed by atoms with E-state index in [-0.39, 0.29) is 12.4 Å². The summed E-state index contributed by atoms with van der Waals surface area (Å²) >= 11 is 6.43. The van der Waals surface area contributed by atoms with Crippen molar-refractivity contribution in [1.29, 1.82) is 0 Å². The molecule has 1 N–H and O–H groups in total. The zero-order valence-electron chi connectivity index (χ0n) is 15.9. The molecule has 0 aliphatic carbocycles. The number of hydrogen-bond donors (Lipinski definition) is 1. The fraction of sp³-hybridized carbons (Fsp3) is 0.250. The van der Waals surface area contributed by atoms with Gasteiger partial charge in [-0.15, -0.1) is 6.58 Å². The predicted octanol–water partition coefficient (Wildman–Crippen LogP) is 4.24. The molecule has 1 heterocycles. The van der Waals surface area contributed by atoms with Crippen LogP contribution in [0.5, 0.6) is 11.5 Å². The van der Waals surface area contributed by atoms with Gasteiger partial charge in [-0.25, -0.2) is 9.07 Å².